The summed E-state index contributed by atoms with van der Waals surface area (Å²) < 4.78 is 5.40. The Hall–Kier alpha value is -2.50. The Morgan fingerprint density at radius 3 is 2.50 bits per heavy atom. The number of hydrogen-bond donors (Lipinski definition) is 1. The number of nitrogens with zero attached hydrogens (tertiary/aromatic N) is 3. The largest absolute Gasteiger partial charge is 0.385 e. The van der Waals surface area contributed by atoms with E-state index in [9.17, 15) is 5.11 Å². The first-order chi connectivity index (χ1) is 13.7. The maximum Gasteiger partial charge on any atom is 0.227 e. The zero-order valence-electron chi connectivity index (χ0n) is 16.1. The molecule has 3 aromatic rings. The molecule has 0 radical (unpaired) electrons. The maximum atomic E-state index is 11.1. The topological polar surface area (TPSA) is 62.4 Å². The number of likely N-dealkylation sites (tertiary alicyclic amines) is 1. The third-order valence-corrected chi connectivity index (χ3v) is 5.58. The highest BCUT2D eigenvalue weighted by Crippen LogP contribution is 2.32. The van der Waals surface area contributed by atoms with Crippen molar-refractivity contribution >= 4 is 0 Å². The van der Waals surface area contributed by atoms with Gasteiger partial charge in [-0.2, -0.15) is 4.98 Å². The lowest BCUT2D eigenvalue weighted by Crippen LogP contribution is -2.30. The van der Waals surface area contributed by atoms with Crippen molar-refractivity contribution in [2.24, 2.45) is 0 Å². The fraction of sp³-hybridized carbons (Fsp3) is 0.391. The molecule has 5 nitrogen and oxygen atoms in total. The van der Waals surface area contributed by atoms with Crippen molar-refractivity contribution in [1.29, 1.82) is 0 Å². The number of aliphatic hydroxyl groups is 1. The van der Waals surface area contributed by atoms with Gasteiger partial charge in [0.15, 0.2) is 0 Å². The van der Waals surface area contributed by atoms with Crippen molar-refractivity contribution in [2.45, 2.75) is 37.7 Å². The molecule has 2 aromatic carbocycles. The predicted molar refractivity (Wildman–Crippen MR) is 109 cm³/mol. The van der Waals surface area contributed by atoms with Gasteiger partial charge in [0.25, 0.3) is 0 Å². The minimum absolute atomic E-state index is 0.651. The smallest absolute Gasteiger partial charge is 0.227 e. The van der Waals surface area contributed by atoms with Gasteiger partial charge >= 0.3 is 0 Å². The standard InChI is InChI=1S/C23H27N3O2/c27-23(20-11-5-2-6-12-20)14-8-17-26(18-15-23)16-7-13-21-24-22(25-28-21)19-9-3-1-4-10-19/h1-6,9-12,27H,7-8,13-18H2. The minimum atomic E-state index is -0.701. The van der Waals surface area contributed by atoms with Crippen LogP contribution in [-0.4, -0.2) is 39.8 Å². The van der Waals surface area contributed by atoms with E-state index in [2.05, 4.69) is 15.0 Å². The Bertz CT molecular complexity index is 866. The van der Waals surface area contributed by atoms with E-state index in [4.69, 9.17) is 4.52 Å². The van der Waals surface area contributed by atoms with E-state index in [0.29, 0.717) is 11.7 Å². The minimum Gasteiger partial charge on any atom is -0.385 e. The summed E-state index contributed by atoms with van der Waals surface area (Å²) in [4.78, 5) is 6.95. The molecular weight excluding hydrogens is 350 g/mol. The van der Waals surface area contributed by atoms with Crippen LogP contribution in [0.3, 0.4) is 0 Å². The second-order valence-corrected chi connectivity index (χ2v) is 7.57. The average molecular weight is 377 g/mol. The summed E-state index contributed by atoms with van der Waals surface area (Å²) >= 11 is 0. The molecule has 0 aliphatic carbocycles. The molecule has 2 heterocycles. The molecular formula is C23H27N3O2. The van der Waals surface area contributed by atoms with Crippen LogP contribution < -0.4 is 0 Å². The van der Waals surface area contributed by atoms with Gasteiger partial charge in [-0.15, -0.1) is 0 Å². The number of aryl methyl sites for hydroxylation is 1. The molecule has 1 N–H and O–H groups in total. The molecule has 1 saturated heterocycles. The molecule has 1 aliphatic rings. The first kappa shape index (κ1) is 18.8. The Morgan fingerprint density at radius 2 is 1.71 bits per heavy atom. The van der Waals surface area contributed by atoms with Crippen LogP contribution in [0.1, 0.15) is 37.1 Å². The van der Waals surface area contributed by atoms with E-state index >= 15 is 0 Å². The van der Waals surface area contributed by atoms with Crippen LogP contribution >= 0.6 is 0 Å². The van der Waals surface area contributed by atoms with Gasteiger partial charge < -0.3 is 14.5 Å². The lowest BCUT2D eigenvalue weighted by atomic mass is 9.87. The summed E-state index contributed by atoms with van der Waals surface area (Å²) in [5.74, 6) is 1.34. The van der Waals surface area contributed by atoms with E-state index in [1.807, 2.05) is 60.7 Å². The molecule has 1 unspecified atom stereocenters. The highest BCUT2D eigenvalue weighted by Gasteiger charge is 2.31. The zero-order valence-corrected chi connectivity index (χ0v) is 16.1. The highest BCUT2D eigenvalue weighted by molar-refractivity contribution is 5.53. The van der Waals surface area contributed by atoms with Gasteiger partial charge in [-0.1, -0.05) is 65.8 Å². The van der Waals surface area contributed by atoms with Crippen molar-refractivity contribution in [1.82, 2.24) is 15.0 Å². The molecule has 1 fully saturated rings. The molecule has 28 heavy (non-hydrogen) atoms. The van der Waals surface area contributed by atoms with Crippen LogP contribution in [0.15, 0.2) is 65.2 Å². The van der Waals surface area contributed by atoms with Crippen molar-refractivity contribution in [3.63, 3.8) is 0 Å². The predicted octanol–water partition coefficient (Wildman–Crippen LogP) is 4.04. The summed E-state index contributed by atoms with van der Waals surface area (Å²) in [6.07, 6.45) is 4.34. The van der Waals surface area contributed by atoms with Crippen LogP contribution in [0.25, 0.3) is 11.4 Å². The van der Waals surface area contributed by atoms with Crippen molar-refractivity contribution in [2.75, 3.05) is 19.6 Å². The molecule has 1 aromatic heterocycles. The Morgan fingerprint density at radius 1 is 0.964 bits per heavy atom. The third kappa shape index (κ3) is 4.49. The van der Waals surface area contributed by atoms with E-state index in [0.717, 1.165) is 62.9 Å². The lowest BCUT2D eigenvalue weighted by molar-refractivity contribution is 0.0212. The van der Waals surface area contributed by atoms with Crippen LogP contribution in [0.2, 0.25) is 0 Å². The molecule has 0 bridgehead atoms. The van der Waals surface area contributed by atoms with E-state index in [1.54, 1.807) is 0 Å². The Kier molecular flexibility index (Phi) is 5.84. The molecule has 0 saturated carbocycles. The molecule has 1 atom stereocenters. The third-order valence-electron chi connectivity index (χ3n) is 5.58. The van der Waals surface area contributed by atoms with Crippen molar-refractivity contribution in [3.05, 3.63) is 72.1 Å². The first-order valence-corrected chi connectivity index (χ1v) is 10.1. The van der Waals surface area contributed by atoms with E-state index < -0.39 is 5.60 Å². The van der Waals surface area contributed by atoms with Crippen LogP contribution in [0, 0.1) is 0 Å². The normalized spacial score (nSPS) is 20.8. The van der Waals surface area contributed by atoms with Gasteiger partial charge in [0.05, 0.1) is 5.60 Å². The van der Waals surface area contributed by atoms with Gasteiger partial charge in [-0.05, 0) is 44.3 Å². The summed E-state index contributed by atoms with van der Waals surface area (Å²) in [5, 5.41) is 15.2. The second kappa shape index (κ2) is 8.67. The van der Waals surface area contributed by atoms with Crippen LogP contribution in [-0.2, 0) is 12.0 Å². The number of aromatic nitrogens is 2. The van der Waals surface area contributed by atoms with Crippen molar-refractivity contribution in [3.8, 4) is 11.4 Å². The summed E-state index contributed by atoms with van der Waals surface area (Å²) in [7, 11) is 0. The zero-order chi connectivity index (χ0) is 19.2. The first-order valence-electron chi connectivity index (χ1n) is 10.1. The molecule has 0 amide bonds. The Labute approximate surface area is 166 Å². The van der Waals surface area contributed by atoms with Crippen LogP contribution in [0.5, 0.6) is 0 Å². The van der Waals surface area contributed by atoms with Gasteiger partial charge in [0.2, 0.25) is 11.7 Å². The molecule has 146 valence electrons. The quantitative estimate of drug-likeness (QED) is 0.702. The van der Waals surface area contributed by atoms with Gasteiger partial charge in [0.1, 0.15) is 0 Å². The van der Waals surface area contributed by atoms with Crippen molar-refractivity contribution < 1.29 is 9.63 Å². The highest BCUT2D eigenvalue weighted by atomic mass is 16.5. The Balaban J connectivity index is 1.28. The van der Waals surface area contributed by atoms with E-state index in [-0.39, 0.29) is 0 Å². The second-order valence-electron chi connectivity index (χ2n) is 7.57. The molecule has 1 aliphatic heterocycles. The number of benzene rings is 2. The summed E-state index contributed by atoms with van der Waals surface area (Å²) in [6.45, 7) is 2.91. The van der Waals surface area contributed by atoms with Gasteiger partial charge in [0, 0.05) is 18.5 Å². The van der Waals surface area contributed by atoms with Gasteiger partial charge in [-0.3, -0.25) is 0 Å². The fourth-order valence-electron chi connectivity index (χ4n) is 3.95. The monoisotopic (exact) mass is 377 g/mol. The number of hydrogen-bond acceptors (Lipinski definition) is 5. The molecule has 0 spiro atoms. The van der Waals surface area contributed by atoms with Crippen LogP contribution in [0.4, 0.5) is 0 Å². The summed E-state index contributed by atoms with van der Waals surface area (Å²) in [6, 6.07) is 20.0. The number of rotatable bonds is 6. The molecule has 4 rings (SSSR count). The SMILES string of the molecule is OC1(c2ccccc2)CCCN(CCCc2nc(-c3ccccc3)no2)CC1. The van der Waals surface area contributed by atoms with E-state index in [1.165, 1.54) is 0 Å². The summed E-state index contributed by atoms with van der Waals surface area (Å²) in [5.41, 5.74) is 1.31. The van der Waals surface area contributed by atoms with Gasteiger partial charge in [-0.25, -0.2) is 0 Å². The average Bonchev–Trinajstić information content (AvgIpc) is 3.13. The maximum absolute atomic E-state index is 11.1. The molecule has 5 heteroatoms. The fourth-order valence-corrected chi connectivity index (χ4v) is 3.95. The lowest BCUT2D eigenvalue weighted by Gasteiger charge is -2.27.